The van der Waals surface area contributed by atoms with Gasteiger partial charge in [0.1, 0.15) is 0 Å². The van der Waals surface area contributed by atoms with Gasteiger partial charge in [0.25, 0.3) is 5.75 Å². The van der Waals surface area contributed by atoms with Gasteiger partial charge in [0.15, 0.2) is 11.6 Å². The lowest BCUT2D eigenvalue weighted by atomic mass is 9.93. The summed E-state index contributed by atoms with van der Waals surface area (Å²) in [6.07, 6.45) is 6.41. The molecule has 1 N–H and O–H groups in total. The summed E-state index contributed by atoms with van der Waals surface area (Å²) in [6.45, 7) is 0. The number of rotatable bonds is 3. The van der Waals surface area contributed by atoms with E-state index in [1.165, 1.54) is 16.5 Å². The molecule has 3 heterocycles. The molecule has 5 aromatic carbocycles. The number of aliphatic hydroxyl groups is 1. The van der Waals surface area contributed by atoms with Gasteiger partial charge in [-0.2, -0.15) is 9.97 Å². The first-order valence-electron chi connectivity index (χ1n) is 15.0. The van der Waals surface area contributed by atoms with E-state index in [-0.39, 0.29) is 0 Å². The van der Waals surface area contributed by atoms with Gasteiger partial charge in [-0.25, -0.2) is 4.98 Å². The predicted molar refractivity (Wildman–Crippen MR) is 177 cm³/mol. The van der Waals surface area contributed by atoms with Gasteiger partial charge < -0.3 is 4.74 Å². The summed E-state index contributed by atoms with van der Waals surface area (Å²) in [7, 11) is 0. The smallest absolute Gasteiger partial charge is 0.269 e. The summed E-state index contributed by atoms with van der Waals surface area (Å²) in [4.78, 5) is 15.4. The lowest BCUT2D eigenvalue weighted by Crippen LogP contribution is -2.08. The van der Waals surface area contributed by atoms with Gasteiger partial charge in [-0.15, -0.1) is 0 Å². The Morgan fingerprint density at radius 3 is 2.07 bits per heavy atom. The van der Waals surface area contributed by atoms with Crippen molar-refractivity contribution < 1.29 is 4.74 Å². The van der Waals surface area contributed by atoms with Crippen LogP contribution < -0.4 is 0 Å². The fourth-order valence-corrected chi connectivity index (χ4v) is 6.59. The molecule has 0 radical (unpaired) electrons. The van der Waals surface area contributed by atoms with Crippen LogP contribution in [0, 0.1) is 0 Å². The van der Waals surface area contributed by atoms with Crippen LogP contribution in [0.25, 0.3) is 67.2 Å². The van der Waals surface area contributed by atoms with Crippen molar-refractivity contribution in [3.63, 3.8) is 0 Å². The average Bonchev–Trinajstić information content (AvgIpc) is 3.37. The summed E-state index contributed by atoms with van der Waals surface area (Å²) in [5.41, 5.74) is 7.42. The number of allylic oxidation sites excluding steroid dienone is 4. The molecule has 0 saturated heterocycles. The molecule has 0 unspecified atom stereocenters. The van der Waals surface area contributed by atoms with Gasteiger partial charge in [0.05, 0.1) is 28.8 Å². The quantitative estimate of drug-likeness (QED) is 0.200. The van der Waals surface area contributed by atoms with E-state index in [4.69, 9.17) is 19.7 Å². The van der Waals surface area contributed by atoms with E-state index in [9.17, 15) is 0 Å². The van der Waals surface area contributed by atoms with Crippen molar-refractivity contribution in [2.45, 2.75) is 12.8 Å². The molecule has 7 aromatic rings. The molecular weight excluding hydrogens is 540 g/mol. The predicted octanol–water partition coefficient (Wildman–Crippen LogP) is 9.29. The average molecular weight is 568 g/mol. The van der Waals surface area contributed by atoms with E-state index in [0.717, 1.165) is 63.0 Å². The number of hydrogen-bond acceptors (Lipinski definition) is 3. The Balaban J connectivity index is 1.48. The number of ether oxygens (including phenoxy) is 1. The normalized spacial score (nSPS) is 13.7. The van der Waals surface area contributed by atoms with E-state index in [1.807, 2.05) is 36.4 Å². The first kappa shape index (κ1) is 24.8. The Morgan fingerprint density at radius 2 is 1.30 bits per heavy atom. The van der Waals surface area contributed by atoms with Gasteiger partial charge in [-0.3, -0.25) is 4.57 Å². The van der Waals surface area contributed by atoms with Gasteiger partial charge in [-0.1, -0.05) is 115 Å². The van der Waals surface area contributed by atoms with Crippen LogP contribution in [-0.2, 0) is 0 Å². The second-order valence-corrected chi connectivity index (χ2v) is 11.2. The van der Waals surface area contributed by atoms with Crippen molar-refractivity contribution in [1.82, 2.24) is 19.5 Å². The lowest BCUT2D eigenvalue weighted by Gasteiger charge is -2.14. The molecule has 2 aliphatic rings. The van der Waals surface area contributed by atoms with Crippen LogP contribution in [0.2, 0.25) is 0 Å². The maximum absolute atomic E-state index is 5.24. The number of para-hydroxylation sites is 1. The van der Waals surface area contributed by atoms with E-state index in [1.54, 1.807) is 0 Å². The molecule has 44 heavy (non-hydrogen) atoms. The maximum atomic E-state index is 5.24. The third kappa shape index (κ3) is 3.83. The van der Waals surface area contributed by atoms with E-state index >= 15 is 0 Å². The van der Waals surface area contributed by atoms with Gasteiger partial charge in [0, 0.05) is 33.5 Å². The molecule has 0 spiro atoms. The third-order valence-corrected chi connectivity index (χ3v) is 8.57. The van der Waals surface area contributed by atoms with Crippen LogP contribution in [0.5, 0.6) is 5.75 Å². The van der Waals surface area contributed by atoms with Crippen molar-refractivity contribution >= 4 is 27.2 Å². The number of hydrogen-bond donors (Lipinski definition) is 0. The molecular formula is C39H27N4O+. The summed E-state index contributed by atoms with van der Waals surface area (Å²) >= 11 is 0. The van der Waals surface area contributed by atoms with Crippen LogP contribution in [-0.4, -0.2) is 24.3 Å². The molecule has 0 fully saturated rings. The van der Waals surface area contributed by atoms with Crippen molar-refractivity contribution in [3.8, 4) is 45.7 Å². The standard InChI is InChI=1S/C39H26N4O/c1-3-14-26(15-4-1)37-40-38(27-16-5-2-6-17-27)42-39(41-37)43-35-28-18-8-7-13-25(28)23-24-31(35)34-29-19-9-11-21-32(29)44-33-22-12-10-20-30(33)36(34)43/h1-10,12-20,22-24H,11,21H2/p+1. The zero-order valence-corrected chi connectivity index (χ0v) is 23.9. The number of aromatic nitrogens is 4. The van der Waals surface area contributed by atoms with E-state index < -0.39 is 0 Å². The van der Waals surface area contributed by atoms with Crippen LogP contribution in [0.15, 0.2) is 139 Å². The number of aromatic hydroxyl groups is 1. The van der Waals surface area contributed by atoms with Crippen LogP contribution in [0.4, 0.5) is 0 Å². The summed E-state index contributed by atoms with van der Waals surface area (Å²) in [6, 6.07) is 41.8. The molecule has 1 aliphatic heterocycles. The lowest BCUT2D eigenvalue weighted by molar-refractivity contribution is 0.147. The fourth-order valence-electron chi connectivity index (χ4n) is 6.59. The van der Waals surface area contributed by atoms with Gasteiger partial charge in [0.2, 0.25) is 11.7 Å². The molecule has 5 nitrogen and oxygen atoms in total. The molecule has 0 atom stereocenters. The summed E-state index contributed by atoms with van der Waals surface area (Å²) < 4.78 is 7.51. The number of benzene rings is 5. The van der Waals surface area contributed by atoms with E-state index in [2.05, 4.69) is 102 Å². The van der Waals surface area contributed by atoms with Crippen LogP contribution in [0.1, 0.15) is 18.4 Å². The number of fused-ring (bicyclic) bond motifs is 8. The molecule has 0 saturated carbocycles. The van der Waals surface area contributed by atoms with Crippen molar-refractivity contribution in [2.75, 3.05) is 0 Å². The fraction of sp³-hybridized carbons (Fsp3) is 0.0513. The molecule has 208 valence electrons. The highest BCUT2D eigenvalue weighted by Crippen LogP contribution is 2.50. The van der Waals surface area contributed by atoms with Crippen LogP contribution in [0.3, 0.4) is 0 Å². The Hall–Kier alpha value is -5.81. The van der Waals surface area contributed by atoms with Crippen molar-refractivity contribution in [1.29, 1.82) is 0 Å². The third-order valence-electron chi connectivity index (χ3n) is 8.57. The first-order chi connectivity index (χ1) is 21.8. The highest BCUT2D eigenvalue weighted by molar-refractivity contribution is 6.15. The van der Waals surface area contributed by atoms with E-state index in [0.29, 0.717) is 17.6 Å². The minimum absolute atomic E-state index is 0.582. The molecule has 0 amide bonds. The van der Waals surface area contributed by atoms with Gasteiger partial charge >= 0.3 is 0 Å². The topological polar surface area (TPSA) is 56.4 Å². The Labute approximate surface area is 254 Å². The first-order valence-corrected chi connectivity index (χ1v) is 15.0. The highest BCUT2D eigenvalue weighted by Gasteiger charge is 2.34. The molecule has 1 aliphatic carbocycles. The molecule has 2 aromatic heterocycles. The van der Waals surface area contributed by atoms with Crippen molar-refractivity contribution in [2.24, 2.45) is 0 Å². The summed E-state index contributed by atoms with van der Waals surface area (Å²) in [5.74, 6) is 3.93. The minimum atomic E-state index is 0.582. The SMILES string of the molecule is C1=CC2=C(CC1)[OH+]c1ccccc1-c1c2c2ccc3ccccc3c2n1-c1nc(-c2ccccc2)nc(-c2ccccc2)n1. The Bertz CT molecular complexity index is 2240. The zero-order chi connectivity index (χ0) is 29.0. The molecule has 0 bridgehead atoms. The second-order valence-electron chi connectivity index (χ2n) is 11.2. The molecule has 9 rings (SSSR count). The highest BCUT2D eigenvalue weighted by atomic mass is 16.5. The maximum Gasteiger partial charge on any atom is 0.269 e. The monoisotopic (exact) mass is 567 g/mol. The summed E-state index contributed by atoms with van der Waals surface area (Å²) in [5, 5.41) is 3.48. The number of nitrogens with zero attached hydrogens (tertiary/aromatic N) is 4. The van der Waals surface area contributed by atoms with Gasteiger partial charge in [-0.05, 0) is 23.9 Å². The second kappa shape index (κ2) is 9.89. The zero-order valence-electron chi connectivity index (χ0n) is 23.9. The van der Waals surface area contributed by atoms with Crippen molar-refractivity contribution in [3.05, 3.63) is 145 Å². The minimum Gasteiger partial charge on any atom is -0.548 e. The Morgan fingerprint density at radius 1 is 0.614 bits per heavy atom. The molecule has 5 heteroatoms. The largest absolute Gasteiger partial charge is 0.548 e. The Kier molecular flexibility index (Phi) is 5.56. The van der Waals surface area contributed by atoms with Crippen LogP contribution >= 0.6 is 0 Å².